The number of aldehydes is 1. The number of carbonyl (C=O) groups excluding carboxylic acids is 1. The molecule has 2 rings (SSSR count). The fourth-order valence-corrected chi connectivity index (χ4v) is 2.20. The Morgan fingerprint density at radius 3 is 2.92 bits per heavy atom. The summed E-state index contributed by atoms with van der Waals surface area (Å²) in [6.07, 6.45) is 5.77. The second-order valence-corrected chi connectivity index (χ2v) is 4.46. The van der Waals surface area contributed by atoms with Crippen LogP contribution in [0.15, 0.2) is 36.4 Å². The number of halogens is 1. The third-order valence-corrected chi connectivity index (χ3v) is 3.18. The van der Waals surface area contributed by atoms with Gasteiger partial charge in [0.2, 0.25) is 0 Å². The van der Waals surface area contributed by atoms with E-state index in [1.165, 1.54) is 5.56 Å². The molecule has 1 aliphatic carbocycles. The zero-order valence-corrected chi connectivity index (χ0v) is 8.62. The van der Waals surface area contributed by atoms with Gasteiger partial charge in [-0.15, -0.1) is 0 Å². The summed E-state index contributed by atoms with van der Waals surface area (Å²) in [5, 5.41) is 0. The van der Waals surface area contributed by atoms with E-state index in [4.69, 9.17) is 0 Å². The number of allylic oxidation sites excluding steroid dienone is 2. The number of hydrogen-bond donors (Lipinski definition) is 0. The lowest BCUT2D eigenvalue weighted by atomic mass is 9.89. The van der Waals surface area contributed by atoms with Crippen molar-refractivity contribution < 1.29 is 4.79 Å². The molecule has 1 aromatic rings. The summed E-state index contributed by atoms with van der Waals surface area (Å²) in [5.41, 5.74) is 2.28. The molecule has 0 aliphatic heterocycles. The van der Waals surface area contributed by atoms with Crippen molar-refractivity contribution in [1.82, 2.24) is 0 Å². The Morgan fingerprint density at radius 1 is 1.38 bits per heavy atom. The molecule has 0 heterocycles. The molecule has 0 bridgehead atoms. The van der Waals surface area contributed by atoms with E-state index in [2.05, 4.69) is 22.0 Å². The van der Waals surface area contributed by atoms with E-state index in [0.29, 0.717) is 0 Å². The standard InChI is InChI=1S/C11H9BrO/c12-11(8-13)7-3-5-9-4-1-2-6-10(9)11/h1-4,6-8H,5H2. The Kier molecular flexibility index (Phi) is 2.08. The molecule has 13 heavy (non-hydrogen) atoms. The number of fused-ring (bicyclic) bond motifs is 1. The molecule has 1 nitrogen and oxygen atoms in total. The van der Waals surface area contributed by atoms with Crippen LogP contribution in [-0.2, 0) is 15.5 Å². The van der Waals surface area contributed by atoms with Gasteiger partial charge >= 0.3 is 0 Å². The van der Waals surface area contributed by atoms with Crippen LogP contribution >= 0.6 is 15.9 Å². The first kappa shape index (κ1) is 8.70. The van der Waals surface area contributed by atoms with Crippen LogP contribution in [0, 0.1) is 0 Å². The van der Waals surface area contributed by atoms with Gasteiger partial charge in [0.25, 0.3) is 0 Å². The summed E-state index contributed by atoms with van der Waals surface area (Å²) >= 11 is 3.44. The molecule has 0 amide bonds. The van der Waals surface area contributed by atoms with Crippen LogP contribution < -0.4 is 0 Å². The van der Waals surface area contributed by atoms with Gasteiger partial charge in [-0.2, -0.15) is 0 Å². The first-order chi connectivity index (χ1) is 6.26. The van der Waals surface area contributed by atoms with E-state index in [9.17, 15) is 4.79 Å². The van der Waals surface area contributed by atoms with Crippen molar-refractivity contribution in [3.63, 3.8) is 0 Å². The summed E-state index contributed by atoms with van der Waals surface area (Å²) in [6.45, 7) is 0. The topological polar surface area (TPSA) is 17.1 Å². The lowest BCUT2D eigenvalue weighted by molar-refractivity contribution is -0.108. The predicted octanol–water partition coefficient (Wildman–Crippen LogP) is 2.59. The van der Waals surface area contributed by atoms with E-state index in [1.54, 1.807) is 0 Å². The normalized spacial score (nSPS) is 25.3. The quantitative estimate of drug-likeness (QED) is 0.417. The van der Waals surface area contributed by atoms with Crippen LogP contribution in [-0.4, -0.2) is 6.29 Å². The van der Waals surface area contributed by atoms with Crippen LogP contribution in [0.3, 0.4) is 0 Å². The van der Waals surface area contributed by atoms with Crippen LogP contribution in [0.1, 0.15) is 11.1 Å². The molecule has 0 fully saturated rings. The Hall–Kier alpha value is -0.890. The second kappa shape index (κ2) is 3.11. The molecular formula is C11H9BrO. The largest absolute Gasteiger partial charge is 0.301 e. The average molecular weight is 237 g/mol. The minimum Gasteiger partial charge on any atom is -0.301 e. The molecule has 1 atom stereocenters. The highest BCUT2D eigenvalue weighted by molar-refractivity contribution is 9.10. The average Bonchev–Trinajstić information content (AvgIpc) is 2.19. The Labute approximate surface area is 85.6 Å². The predicted molar refractivity (Wildman–Crippen MR) is 56.0 cm³/mol. The van der Waals surface area contributed by atoms with Gasteiger partial charge in [0.05, 0.1) is 0 Å². The summed E-state index contributed by atoms with van der Waals surface area (Å²) in [4.78, 5) is 10.9. The monoisotopic (exact) mass is 236 g/mol. The van der Waals surface area contributed by atoms with Crippen molar-refractivity contribution in [1.29, 1.82) is 0 Å². The van der Waals surface area contributed by atoms with E-state index in [1.807, 2.05) is 30.4 Å². The maximum absolute atomic E-state index is 10.9. The van der Waals surface area contributed by atoms with E-state index in [-0.39, 0.29) is 0 Å². The summed E-state index contributed by atoms with van der Waals surface area (Å²) in [5.74, 6) is 0. The van der Waals surface area contributed by atoms with Crippen molar-refractivity contribution in [2.45, 2.75) is 10.7 Å². The number of benzene rings is 1. The van der Waals surface area contributed by atoms with Gasteiger partial charge in [-0.05, 0) is 17.5 Å². The van der Waals surface area contributed by atoms with E-state index < -0.39 is 4.32 Å². The molecule has 0 radical (unpaired) electrons. The van der Waals surface area contributed by atoms with Gasteiger partial charge in [-0.25, -0.2) is 0 Å². The first-order valence-electron chi connectivity index (χ1n) is 4.17. The summed E-state index contributed by atoms with van der Waals surface area (Å²) in [7, 11) is 0. The SMILES string of the molecule is O=CC1(Br)C=CCc2ccccc21. The number of rotatable bonds is 1. The van der Waals surface area contributed by atoms with Gasteiger partial charge in [-0.3, -0.25) is 0 Å². The lowest BCUT2D eigenvalue weighted by Crippen LogP contribution is -2.21. The maximum atomic E-state index is 10.9. The van der Waals surface area contributed by atoms with Gasteiger partial charge < -0.3 is 4.79 Å². The van der Waals surface area contributed by atoms with Gasteiger partial charge in [-0.1, -0.05) is 52.3 Å². The van der Waals surface area contributed by atoms with Gasteiger partial charge in [0, 0.05) is 0 Å². The molecule has 1 aliphatic rings. The second-order valence-electron chi connectivity index (χ2n) is 3.15. The molecule has 0 aromatic heterocycles. The van der Waals surface area contributed by atoms with Crippen molar-refractivity contribution in [3.8, 4) is 0 Å². The van der Waals surface area contributed by atoms with Crippen molar-refractivity contribution in [2.24, 2.45) is 0 Å². The number of carbonyl (C=O) groups is 1. The Bertz CT molecular complexity index is 370. The molecule has 0 saturated carbocycles. The summed E-state index contributed by atoms with van der Waals surface area (Å²) < 4.78 is -0.595. The maximum Gasteiger partial charge on any atom is 0.145 e. The minimum atomic E-state index is -0.595. The molecule has 0 spiro atoms. The van der Waals surface area contributed by atoms with Crippen LogP contribution in [0.5, 0.6) is 0 Å². The zero-order chi connectivity index (χ0) is 9.31. The van der Waals surface area contributed by atoms with Crippen LogP contribution in [0.4, 0.5) is 0 Å². The third-order valence-electron chi connectivity index (χ3n) is 2.30. The molecule has 0 N–H and O–H groups in total. The third kappa shape index (κ3) is 1.35. The molecule has 66 valence electrons. The minimum absolute atomic E-state index is 0.595. The Balaban J connectivity index is 2.60. The fraction of sp³-hybridized carbons (Fsp3) is 0.182. The molecule has 1 unspecified atom stereocenters. The fourth-order valence-electron chi connectivity index (χ4n) is 1.62. The summed E-state index contributed by atoms with van der Waals surface area (Å²) in [6, 6.07) is 7.99. The highest BCUT2D eigenvalue weighted by Gasteiger charge is 2.29. The van der Waals surface area contributed by atoms with E-state index in [0.717, 1.165) is 18.3 Å². The highest BCUT2D eigenvalue weighted by atomic mass is 79.9. The lowest BCUT2D eigenvalue weighted by Gasteiger charge is -2.23. The van der Waals surface area contributed by atoms with Crippen LogP contribution in [0.25, 0.3) is 0 Å². The van der Waals surface area contributed by atoms with Crippen LogP contribution in [0.2, 0.25) is 0 Å². The van der Waals surface area contributed by atoms with Gasteiger partial charge in [0.1, 0.15) is 10.6 Å². The van der Waals surface area contributed by atoms with Crippen molar-refractivity contribution in [3.05, 3.63) is 47.5 Å². The van der Waals surface area contributed by atoms with E-state index >= 15 is 0 Å². The molecule has 2 heteroatoms. The van der Waals surface area contributed by atoms with Gasteiger partial charge in [0.15, 0.2) is 0 Å². The zero-order valence-electron chi connectivity index (χ0n) is 7.03. The molecule has 1 aromatic carbocycles. The number of alkyl halides is 1. The van der Waals surface area contributed by atoms with Crippen molar-refractivity contribution in [2.75, 3.05) is 0 Å². The first-order valence-corrected chi connectivity index (χ1v) is 4.97. The highest BCUT2D eigenvalue weighted by Crippen LogP contribution is 2.36. The molecular weight excluding hydrogens is 228 g/mol. The molecule has 0 saturated heterocycles. The smallest absolute Gasteiger partial charge is 0.145 e. The Morgan fingerprint density at radius 2 is 2.15 bits per heavy atom. The van der Waals surface area contributed by atoms with Crippen molar-refractivity contribution >= 4 is 22.2 Å². The number of hydrogen-bond acceptors (Lipinski definition) is 1.